The molecule has 2 aliphatic heterocycles. The first-order valence-corrected chi connectivity index (χ1v) is 8.89. The zero-order valence-electron chi connectivity index (χ0n) is 11.8. The molecule has 0 radical (unpaired) electrons. The first kappa shape index (κ1) is 15.1. The second-order valence-corrected chi connectivity index (χ2v) is 7.06. The van der Waals surface area contributed by atoms with Crippen molar-refractivity contribution in [2.45, 2.75) is 31.4 Å². The van der Waals surface area contributed by atoms with Crippen molar-refractivity contribution in [1.29, 1.82) is 0 Å². The van der Waals surface area contributed by atoms with Gasteiger partial charge in [-0.25, -0.2) is 4.98 Å². The number of hydrogen-bond donors (Lipinski definition) is 0. The summed E-state index contributed by atoms with van der Waals surface area (Å²) in [5.41, 5.74) is 0.467. The van der Waals surface area contributed by atoms with Gasteiger partial charge in [0.1, 0.15) is 5.69 Å². The zero-order valence-corrected chi connectivity index (χ0v) is 13.4. The summed E-state index contributed by atoms with van der Waals surface area (Å²) in [6.45, 7) is 1.49. The Balaban J connectivity index is 1.76. The summed E-state index contributed by atoms with van der Waals surface area (Å²) in [5.74, 6) is 2.12. The van der Waals surface area contributed by atoms with Crippen LogP contribution in [0.15, 0.2) is 18.3 Å². The Bertz CT molecular complexity index is 485. The van der Waals surface area contributed by atoms with E-state index >= 15 is 0 Å². The average molecular weight is 327 g/mol. The molecule has 0 unspecified atom stereocenters. The van der Waals surface area contributed by atoms with Gasteiger partial charge in [-0.15, -0.1) is 0 Å². The molecule has 3 heterocycles. The first-order chi connectivity index (χ1) is 10.2. The molecule has 2 fully saturated rings. The minimum Gasteiger partial charge on any atom is -0.376 e. The van der Waals surface area contributed by atoms with E-state index in [4.69, 9.17) is 16.3 Å². The Labute approximate surface area is 134 Å². The average Bonchev–Trinajstić information content (AvgIpc) is 3.18. The Hall–Kier alpha value is -0.780. The maximum atomic E-state index is 12.8. The van der Waals surface area contributed by atoms with Crippen LogP contribution in [0.5, 0.6) is 0 Å². The van der Waals surface area contributed by atoms with Gasteiger partial charge in [0.15, 0.2) is 0 Å². The highest BCUT2D eigenvalue weighted by Gasteiger charge is 2.31. The SMILES string of the molecule is O=C(c1ccc(Cl)cn1)N(C[C@H]1CCCO1)[C@H]1CCSC1. The summed E-state index contributed by atoms with van der Waals surface area (Å²) < 4.78 is 5.71. The van der Waals surface area contributed by atoms with Crippen molar-refractivity contribution in [3.05, 3.63) is 29.0 Å². The number of carbonyl (C=O) groups excluding carboxylic acids is 1. The molecule has 0 aromatic carbocycles. The van der Waals surface area contributed by atoms with Crippen LogP contribution in [0.2, 0.25) is 5.02 Å². The number of ether oxygens (including phenoxy) is 1. The number of aromatic nitrogens is 1. The highest BCUT2D eigenvalue weighted by molar-refractivity contribution is 7.99. The standard InChI is InChI=1S/C15H19ClN2O2S/c16-11-3-4-14(17-8-11)15(19)18(12-5-7-21-10-12)9-13-2-1-6-20-13/h3-4,8,12-13H,1-2,5-7,9-10H2/t12-,13+/m0/s1. The molecule has 0 aliphatic carbocycles. The molecule has 2 aliphatic rings. The van der Waals surface area contributed by atoms with Gasteiger partial charge in [-0.2, -0.15) is 11.8 Å². The lowest BCUT2D eigenvalue weighted by Crippen LogP contribution is -2.45. The molecule has 114 valence electrons. The molecule has 21 heavy (non-hydrogen) atoms. The minimum absolute atomic E-state index is 0.00494. The van der Waals surface area contributed by atoms with Gasteiger partial charge in [0, 0.05) is 31.1 Å². The van der Waals surface area contributed by atoms with Gasteiger partial charge in [0.2, 0.25) is 0 Å². The lowest BCUT2D eigenvalue weighted by Gasteiger charge is -2.30. The van der Waals surface area contributed by atoms with Gasteiger partial charge in [0.25, 0.3) is 5.91 Å². The van der Waals surface area contributed by atoms with Crippen LogP contribution >= 0.6 is 23.4 Å². The molecule has 0 spiro atoms. The van der Waals surface area contributed by atoms with Gasteiger partial charge in [-0.1, -0.05) is 11.6 Å². The fourth-order valence-corrected chi connectivity index (χ4v) is 4.16. The maximum absolute atomic E-state index is 12.8. The molecule has 1 aromatic heterocycles. The maximum Gasteiger partial charge on any atom is 0.272 e. The molecule has 0 bridgehead atoms. The first-order valence-electron chi connectivity index (χ1n) is 7.36. The molecule has 6 heteroatoms. The molecule has 1 amide bonds. The number of amides is 1. The van der Waals surface area contributed by atoms with Crippen LogP contribution in [0.4, 0.5) is 0 Å². The third kappa shape index (κ3) is 3.71. The monoisotopic (exact) mass is 326 g/mol. The molecule has 2 saturated heterocycles. The van der Waals surface area contributed by atoms with Crippen molar-refractivity contribution in [3.63, 3.8) is 0 Å². The number of carbonyl (C=O) groups is 1. The van der Waals surface area contributed by atoms with Gasteiger partial charge in [-0.3, -0.25) is 4.79 Å². The third-order valence-electron chi connectivity index (χ3n) is 3.98. The van der Waals surface area contributed by atoms with Crippen LogP contribution in [0.3, 0.4) is 0 Å². The summed E-state index contributed by atoms with van der Waals surface area (Å²) in [5, 5.41) is 0.550. The second kappa shape index (κ2) is 6.99. The van der Waals surface area contributed by atoms with Gasteiger partial charge in [-0.05, 0) is 37.1 Å². The van der Waals surface area contributed by atoms with E-state index in [1.165, 1.54) is 6.20 Å². The van der Waals surface area contributed by atoms with E-state index in [-0.39, 0.29) is 12.0 Å². The van der Waals surface area contributed by atoms with Crippen molar-refractivity contribution in [3.8, 4) is 0 Å². The van der Waals surface area contributed by atoms with E-state index in [1.54, 1.807) is 12.1 Å². The predicted molar refractivity (Wildman–Crippen MR) is 85.0 cm³/mol. The largest absolute Gasteiger partial charge is 0.376 e. The van der Waals surface area contributed by atoms with Crippen LogP contribution in [0.25, 0.3) is 0 Å². The van der Waals surface area contributed by atoms with Crippen molar-refractivity contribution in [1.82, 2.24) is 9.88 Å². The van der Waals surface area contributed by atoms with E-state index in [2.05, 4.69) is 4.98 Å². The molecule has 0 saturated carbocycles. The number of nitrogens with zero attached hydrogens (tertiary/aromatic N) is 2. The van der Waals surface area contributed by atoms with Crippen molar-refractivity contribution in [2.24, 2.45) is 0 Å². The summed E-state index contributed by atoms with van der Waals surface area (Å²) in [7, 11) is 0. The number of hydrogen-bond acceptors (Lipinski definition) is 4. The fourth-order valence-electron chi connectivity index (χ4n) is 2.82. The molecule has 1 aromatic rings. The lowest BCUT2D eigenvalue weighted by atomic mass is 10.1. The van der Waals surface area contributed by atoms with E-state index in [9.17, 15) is 4.79 Å². The van der Waals surface area contributed by atoms with Gasteiger partial charge in [0.05, 0.1) is 11.1 Å². The summed E-state index contributed by atoms with van der Waals surface area (Å²) in [4.78, 5) is 18.9. The van der Waals surface area contributed by atoms with Crippen LogP contribution in [-0.2, 0) is 4.74 Å². The van der Waals surface area contributed by atoms with E-state index in [1.807, 2.05) is 16.7 Å². The van der Waals surface area contributed by atoms with Crippen molar-refractivity contribution in [2.75, 3.05) is 24.7 Å². The minimum atomic E-state index is -0.00494. The molecule has 2 atom stereocenters. The zero-order chi connectivity index (χ0) is 14.7. The number of pyridine rings is 1. The Morgan fingerprint density at radius 3 is 3.00 bits per heavy atom. The number of thioether (sulfide) groups is 1. The van der Waals surface area contributed by atoms with Crippen LogP contribution in [0, 0.1) is 0 Å². The van der Waals surface area contributed by atoms with E-state index in [0.717, 1.165) is 37.4 Å². The van der Waals surface area contributed by atoms with Crippen molar-refractivity contribution < 1.29 is 9.53 Å². The van der Waals surface area contributed by atoms with Crippen LogP contribution in [-0.4, -0.2) is 52.6 Å². The molecule has 3 rings (SSSR count). The molecular formula is C15H19ClN2O2S. The summed E-state index contributed by atoms with van der Waals surface area (Å²) >= 11 is 7.76. The highest BCUT2D eigenvalue weighted by atomic mass is 35.5. The smallest absolute Gasteiger partial charge is 0.272 e. The molecule has 4 nitrogen and oxygen atoms in total. The number of halogens is 1. The Morgan fingerprint density at radius 1 is 1.48 bits per heavy atom. The predicted octanol–water partition coefficient (Wildman–Crippen LogP) is 2.86. The topological polar surface area (TPSA) is 42.4 Å². The van der Waals surface area contributed by atoms with Gasteiger partial charge >= 0.3 is 0 Å². The third-order valence-corrected chi connectivity index (χ3v) is 5.35. The molecule has 0 N–H and O–H groups in total. The Morgan fingerprint density at radius 2 is 2.38 bits per heavy atom. The summed E-state index contributed by atoms with van der Waals surface area (Å²) in [6.07, 6.45) is 4.88. The van der Waals surface area contributed by atoms with Crippen molar-refractivity contribution >= 4 is 29.3 Å². The normalized spacial score (nSPS) is 25.2. The van der Waals surface area contributed by atoms with E-state index < -0.39 is 0 Å². The molecular weight excluding hydrogens is 308 g/mol. The van der Waals surface area contributed by atoms with Gasteiger partial charge < -0.3 is 9.64 Å². The second-order valence-electron chi connectivity index (χ2n) is 5.47. The fraction of sp³-hybridized carbons (Fsp3) is 0.600. The van der Waals surface area contributed by atoms with Crippen LogP contribution < -0.4 is 0 Å². The lowest BCUT2D eigenvalue weighted by molar-refractivity contribution is 0.0437. The number of rotatable bonds is 4. The van der Waals surface area contributed by atoms with Crippen LogP contribution in [0.1, 0.15) is 29.8 Å². The quantitative estimate of drug-likeness (QED) is 0.853. The van der Waals surface area contributed by atoms with E-state index in [0.29, 0.717) is 23.3 Å². The summed E-state index contributed by atoms with van der Waals surface area (Å²) in [6, 6.07) is 3.72. The highest BCUT2D eigenvalue weighted by Crippen LogP contribution is 2.25. The Kier molecular flexibility index (Phi) is 5.03.